The predicted molar refractivity (Wildman–Crippen MR) is 62.6 cm³/mol. The smallest absolute Gasteiger partial charge is 0.274 e. The van der Waals surface area contributed by atoms with E-state index in [0.717, 1.165) is 25.3 Å². The van der Waals surface area contributed by atoms with Crippen LogP contribution >= 0.6 is 0 Å². The first-order valence-electron chi connectivity index (χ1n) is 6.05. The lowest BCUT2D eigenvalue weighted by molar-refractivity contribution is 0.0776. The molecule has 5 nitrogen and oxygen atoms in total. The number of hydrogen-bond donors (Lipinski definition) is 1. The van der Waals surface area contributed by atoms with Crippen LogP contribution in [0.5, 0.6) is 0 Å². The van der Waals surface area contributed by atoms with E-state index in [9.17, 15) is 4.79 Å². The first kappa shape index (κ1) is 10.7. The van der Waals surface area contributed by atoms with Gasteiger partial charge in [-0.1, -0.05) is 0 Å². The zero-order valence-corrected chi connectivity index (χ0v) is 9.89. The van der Waals surface area contributed by atoms with E-state index >= 15 is 0 Å². The lowest BCUT2D eigenvalue weighted by atomic mass is 10.1. The van der Waals surface area contributed by atoms with Gasteiger partial charge in [0.25, 0.3) is 5.91 Å². The number of nitrogens with zero attached hydrogens (tertiary/aromatic N) is 3. The lowest BCUT2D eigenvalue weighted by Crippen LogP contribution is -2.34. The van der Waals surface area contributed by atoms with Crippen LogP contribution < -0.4 is 5.32 Å². The Bertz CT molecular complexity index is 419. The van der Waals surface area contributed by atoms with E-state index in [-0.39, 0.29) is 5.91 Å². The second-order valence-electron chi connectivity index (χ2n) is 4.86. The number of likely N-dealkylation sites (tertiary alicyclic amines) is 1. The Morgan fingerprint density at radius 2 is 2.29 bits per heavy atom. The molecule has 5 heteroatoms. The van der Waals surface area contributed by atoms with Crippen LogP contribution in [-0.4, -0.2) is 46.5 Å². The zero-order valence-electron chi connectivity index (χ0n) is 9.89. The molecule has 2 saturated heterocycles. The third-order valence-electron chi connectivity index (χ3n) is 3.65. The van der Waals surface area contributed by atoms with Crippen molar-refractivity contribution in [3.05, 3.63) is 23.8 Å². The molecule has 0 saturated carbocycles. The van der Waals surface area contributed by atoms with Crippen molar-refractivity contribution in [1.29, 1.82) is 0 Å². The summed E-state index contributed by atoms with van der Waals surface area (Å²) in [5.41, 5.74) is 1.29. The highest BCUT2D eigenvalue weighted by atomic mass is 16.2. The second kappa shape index (κ2) is 4.07. The Balaban J connectivity index is 1.73. The van der Waals surface area contributed by atoms with E-state index in [1.807, 2.05) is 11.8 Å². The minimum Gasteiger partial charge on any atom is -0.335 e. The summed E-state index contributed by atoms with van der Waals surface area (Å²) in [7, 11) is 0. The highest BCUT2D eigenvalue weighted by Crippen LogP contribution is 2.25. The van der Waals surface area contributed by atoms with E-state index in [1.165, 1.54) is 6.42 Å². The molecule has 0 unspecified atom stereocenters. The maximum atomic E-state index is 12.2. The fraction of sp³-hybridized carbons (Fsp3) is 0.583. The number of carbonyl (C=O) groups excluding carboxylic acids is 1. The molecule has 1 aromatic rings. The van der Waals surface area contributed by atoms with Crippen LogP contribution in [0.1, 0.15) is 22.6 Å². The minimum atomic E-state index is 0.00806. The van der Waals surface area contributed by atoms with Gasteiger partial charge in [-0.05, 0) is 25.8 Å². The van der Waals surface area contributed by atoms with Gasteiger partial charge in [-0.15, -0.1) is 0 Å². The van der Waals surface area contributed by atoms with Gasteiger partial charge in [0.1, 0.15) is 5.69 Å². The molecular formula is C12H16N4O. The standard InChI is InChI=1S/C12H16N4O/c1-8-4-15-10(5-14-8)12(17)16-6-9-2-3-13-11(9)7-16/h4-5,9,11,13H,2-3,6-7H2,1H3/t9-,11+/m1/s1. The molecule has 2 atom stereocenters. The summed E-state index contributed by atoms with van der Waals surface area (Å²) in [6.45, 7) is 4.61. The molecule has 0 aliphatic carbocycles. The molecule has 0 aromatic carbocycles. The zero-order chi connectivity index (χ0) is 11.8. The van der Waals surface area contributed by atoms with Crippen LogP contribution in [-0.2, 0) is 0 Å². The van der Waals surface area contributed by atoms with E-state index in [0.29, 0.717) is 17.7 Å². The summed E-state index contributed by atoms with van der Waals surface area (Å²) in [6.07, 6.45) is 4.38. The number of aromatic nitrogens is 2. The molecule has 0 radical (unpaired) electrons. The first-order chi connectivity index (χ1) is 8.24. The number of fused-ring (bicyclic) bond motifs is 1. The molecule has 3 heterocycles. The van der Waals surface area contributed by atoms with Gasteiger partial charge in [-0.25, -0.2) is 4.98 Å². The van der Waals surface area contributed by atoms with Crippen LogP contribution in [0.25, 0.3) is 0 Å². The Hall–Kier alpha value is -1.49. The summed E-state index contributed by atoms with van der Waals surface area (Å²) >= 11 is 0. The molecule has 1 amide bonds. The van der Waals surface area contributed by atoms with E-state index in [4.69, 9.17) is 0 Å². The van der Waals surface area contributed by atoms with Gasteiger partial charge in [0, 0.05) is 25.3 Å². The average molecular weight is 232 g/mol. The molecule has 0 bridgehead atoms. The van der Waals surface area contributed by atoms with Crippen molar-refractivity contribution < 1.29 is 4.79 Å². The topological polar surface area (TPSA) is 58.1 Å². The van der Waals surface area contributed by atoms with Crippen molar-refractivity contribution in [1.82, 2.24) is 20.2 Å². The Kier molecular flexibility index (Phi) is 2.55. The molecule has 2 aliphatic rings. The number of rotatable bonds is 1. The average Bonchev–Trinajstić information content (AvgIpc) is 2.89. The van der Waals surface area contributed by atoms with E-state index in [2.05, 4.69) is 15.3 Å². The highest BCUT2D eigenvalue weighted by Gasteiger charge is 2.38. The van der Waals surface area contributed by atoms with Crippen molar-refractivity contribution in [3.63, 3.8) is 0 Å². The number of aryl methyl sites for hydroxylation is 1. The van der Waals surface area contributed by atoms with Crippen LogP contribution in [0.4, 0.5) is 0 Å². The summed E-state index contributed by atoms with van der Waals surface area (Å²) in [6, 6.07) is 0.484. The Morgan fingerprint density at radius 1 is 1.41 bits per heavy atom. The maximum Gasteiger partial charge on any atom is 0.274 e. The summed E-state index contributed by atoms with van der Waals surface area (Å²) in [5.74, 6) is 0.631. The molecule has 0 spiro atoms. The lowest BCUT2D eigenvalue weighted by Gasteiger charge is -2.16. The molecule has 2 fully saturated rings. The molecule has 2 aliphatic heterocycles. The Morgan fingerprint density at radius 3 is 3.00 bits per heavy atom. The van der Waals surface area contributed by atoms with Gasteiger partial charge in [-0.2, -0.15) is 0 Å². The van der Waals surface area contributed by atoms with Gasteiger partial charge >= 0.3 is 0 Å². The van der Waals surface area contributed by atoms with Gasteiger partial charge < -0.3 is 10.2 Å². The van der Waals surface area contributed by atoms with E-state index in [1.54, 1.807) is 12.4 Å². The second-order valence-corrected chi connectivity index (χ2v) is 4.86. The fourth-order valence-electron chi connectivity index (χ4n) is 2.68. The number of nitrogens with one attached hydrogen (secondary N) is 1. The van der Waals surface area contributed by atoms with Crippen molar-refractivity contribution >= 4 is 5.91 Å². The van der Waals surface area contributed by atoms with Gasteiger partial charge in [0.2, 0.25) is 0 Å². The Labute approximate surface area is 100 Å². The monoisotopic (exact) mass is 232 g/mol. The quantitative estimate of drug-likeness (QED) is 0.752. The van der Waals surface area contributed by atoms with Crippen molar-refractivity contribution in [2.24, 2.45) is 5.92 Å². The largest absolute Gasteiger partial charge is 0.335 e. The third kappa shape index (κ3) is 1.91. The van der Waals surface area contributed by atoms with E-state index < -0.39 is 0 Å². The molecule has 17 heavy (non-hydrogen) atoms. The highest BCUT2D eigenvalue weighted by molar-refractivity contribution is 5.92. The molecule has 3 rings (SSSR count). The SMILES string of the molecule is Cc1cnc(C(=O)N2C[C@H]3CCN[C@H]3C2)cn1. The fourth-order valence-corrected chi connectivity index (χ4v) is 2.68. The van der Waals surface area contributed by atoms with Crippen LogP contribution in [0.15, 0.2) is 12.4 Å². The molecule has 90 valence electrons. The van der Waals surface area contributed by atoms with Crippen LogP contribution in [0.2, 0.25) is 0 Å². The summed E-state index contributed by atoms with van der Waals surface area (Å²) < 4.78 is 0. The molecule has 1 N–H and O–H groups in total. The minimum absolute atomic E-state index is 0.00806. The summed E-state index contributed by atoms with van der Waals surface area (Å²) in [5, 5.41) is 3.43. The van der Waals surface area contributed by atoms with Crippen molar-refractivity contribution in [2.75, 3.05) is 19.6 Å². The number of amides is 1. The van der Waals surface area contributed by atoms with Crippen LogP contribution in [0.3, 0.4) is 0 Å². The van der Waals surface area contributed by atoms with Gasteiger partial charge in [-0.3, -0.25) is 9.78 Å². The number of hydrogen-bond acceptors (Lipinski definition) is 4. The predicted octanol–water partition coefficient (Wildman–Crippen LogP) is 0.219. The normalized spacial score (nSPS) is 27.2. The van der Waals surface area contributed by atoms with Crippen LogP contribution in [0, 0.1) is 12.8 Å². The number of carbonyl (C=O) groups is 1. The third-order valence-corrected chi connectivity index (χ3v) is 3.65. The maximum absolute atomic E-state index is 12.2. The summed E-state index contributed by atoms with van der Waals surface area (Å²) in [4.78, 5) is 22.3. The van der Waals surface area contributed by atoms with Crippen molar-refractivity contribution in [3.8, 4) is 0 Å². The van der Waals surface area contributed by atoms with Gasteiger partial charge in [0.15, 0.2) is 0 Å². The molecule has 1 aromatic heterocycles. The van der Waals surface area contributed by atoms with Gasteiger partial charge in [0.05, 0.1) is 11.9 Å². The molecular weight excluding hydrogens is 216 g/mol. The first-order valence-corrected chi connectivity index (χ1v) is 6.05. The van der Waals surface area contributed by atoms with Crippen molar-refractivity contribution in [2.45, 2.75) is 19.4 Å².